The number of anilines is 1. The molecule has 2 N–H and O–H groups in total. The van der Waals surface area contributed by atoms with Gasteiger partial charge in [-0.25, -0.2) is 9.78 Å². The van der Waals surface area contributed by atoms with E-state index >= 15 is 0 Å². The molecule has 0 bridgehead atoms. The van der Waals surface area contributed by atoms with Gasteiger partial charge in [0, 0.05) is 19.6 Å². The van der Waals surface area contributed by atoms with Gasteiger partial charge in [-0.3, -0.25) is 4.79 Å². The van der Waals surface area contributed by atoms with Crippen molar-refractivity contribution in [3.05, 3.63) is 90.1 Å². The predicted octanol–water partition coefficient (Wildman–Crippen LogP) is 3.58. The summed E-state index contributed by atoms with van der Waals surface area (Å²) in [5.74, 6) is 0.0406. The number of carbonyl (C=O) groups excluding carboxylic acids is 2. The molecule has 3 aromatic rings. The number of carbonyl (C=O) groups is 2. The number of hydrogen-bond donors (Lipinski definition) is 2. The fourth-order valence-corrected chi connectivity index (χ4v) is 2.96. The lowest BCUT2D eigenvalue weighted by Crippen LogP contribution is -2.45. The van der Waals surface area contributed by atoms with Crippen molar-refractivity contribution in [2.75, 3.05) is 25.6 Å². The molecule has 0 spiro atoms. The number of alkyl carbamates (subject to hydrolysis) is 1. The Morgan fingerprint density at radius 1 is 0.909 bits per heavy atom. The summed E-state index contributed by atoms with van der Waals surface area (Å²) in [6.45, 7) is 0.942. The van der Waals surface area contributed by atoms with Crippen LogP contribution in [-0.2, 0) is 27.3 Å². The molecule has 172 valence electrons. The van der Waals surface area contributed by atoms with Crippen molar-refractivity contribution in [2.24, 2.45) is 0 Å². The average molecular weight is 450 g/mol. The third-order valence-electron chi connectivity index (χ3n) is 4.65. The Bertz CT molecular complexity index is 998. The van der Waals surface area contributed by atoms with Gasteiger partial charge in [-0.2, -0.15) is 0 Å². The molecule has 33 heavy (non-hydrogen) atoms. The van der Waals surface area contributed by atoms with E-state index in [9.17, 15) is 9.59 Å². The van der Waals surface area contributed by atoms with Gasteiger partial charge in [0.25, 0.3) is 0 Å². The van der Waals surface area contributed by atoms with Gasteiger partial charge in [-0.05, 0) is 17.2 Å². The van der Waals surface area contributed by atoms with E-state index in [2.05, 4.69) is 15.6 Å². The lowest BCUT2D eigenvalue weighted by Gasteiger charge is -2.18. The molecule has 8 nitrogen and oxygen atoms in total. The summed E-state index contributed by atoms with van der Waals surface area (Å²) in [6.07, 6.45) is 1.13. The number of ether oxygens (including phenoxy) is 3. The summed E-state index contributed by atoms with van der Waals surface area (Å²) in [7, 11) is 1.59. The fourth-order valence-electron chi connectivity index (χ4n) is 2.96. The Hall–Kier alpha value is -3.91. The molecule has 0 saturated carbocycles. The first-order valence-electron chi connectivity index (χ1n) is 10.5. The Labute approximate surface area is 192 Å². The average Bonchev–Trinajstić information content (AvgIpc) is 2.85. The molecule has 2 aromatic carbocycles. The monoisotopic (exact) mass is 449 g/mol. The molecule has 0 aliphatic rings. The summed E-state index contributed by atoms with van der Waals surface area (Å²) >= 11 is 0. The lowest BCUT2D eigenvalue weighted by molar-refractivity contribution is -0.118. The van der Waals surface area contributed by atoms with Crippen LogP contribution in [0.3, 0.4) is 0 Å². The van der Waals surface area contributed by atoms with Crippen LogP contribution in [0.25, 0.3) is 0 Å². The van der Waals surface area contributed by atoms with Crippen molar-refractivity contribution in [2.45, 2.75) is 19.1 Å². The fraction of sp³-hybridized carbons (Fsp3) is 0.240. The van der Waals surface area contributed by atoms with Crippen molar-refractivity contribution < 1.29 is 23.8 Å². The van der Waals surface area contributed by atoms with Gasteiger partial charge in [-0.15, -0.1) is 0 Å². The second kappa shape index (κ2) is 12.8. The molecule has 0 unspecified atom stereocenters. The van der Waals surface area contributed by atoms with E-state index in [0.717, 1.165) is 11.1 Å². The van der Waals surface area contributed by atoms with Crippen LogP contribution in [0.2, 0.25) is 0 Å². The Kier molecular flexibility index (Phi) is 9.23. The van der Waals surface area contributed by atoms with E-state index in [1.165, 1.54) is 6.20 Å². The van der Waals surface area contributed by atoms with Crippen LogP contribution >= 0.6 is 0 Å². The molecule has 0 aliphatic carbocycles. The van der Waals surface area contributed by atoms with Crippen LogP contribution in [0.15, 0.2) is 79.0 Å². The molecule has 1 heterocycles. The van der Waals surface area contributed by atoms with Gasteiger partial charge >= 0.3 is 6.09 Å². The number of aromatic nitrogens is 1. The number of nitrogens with zero attached hydrogens (tertiary/aromatic N) is 1. The van der Waals surface area contributed by atoms with Crippen LogP contribution < -0.4 is 15.4 Å². The third-order valence-corrected chi connectivity index (χ3v) is 4.65. The van der Waals surface area contributed by atoms with Gasteiger partial charge in [-0.1, -0.05) is 60.7 Å². The number of methoxy groups -OCH3 is 1. The van der Waals surface area contributed by atoms with Crippen LogP contribution in [0.4, 0.5) is 10.5 Å². The molecule has 0 saturated heterocycles. The summed E-state index contributed by atoms with van der Waals surface area (Å²) in [6, 6.07) is 21.3. The van der Waals surface area contributed by atoms with Gasteiger partial charge in [0.05, 0.1) is 18.5 Å². The number of pyridine rings is 1. The largest absolute Gasteiger partial charge is 0.475 e. The van der Waals surface area contributed by atoms with Crippen LogP contribution in [0.1, 0.15) is 11.1 Å². The minimum Gasteiger partial charge on any atom is -0.475 e. The van der Waals surface area contributed by atoms with E-state index in [0.29, 0.717) is 31.2 Å². The molecule has 8 heteroatoms. The molecule has 0 radical (unpaired) electrons. The maximum absolute atomic E-state index is 13.0. The second-order valence-corrected chi connectivity index (χ2v) is 7.16. The zero-order chi connectivity index (χ0) is 23.3. The van der Waals surface area contributed by atoms with Gasteiger partial charge < -0.3 is 24.8 Å². The number of hydrogen-bond acceptors (Lipinski definition) is 6. The first-order valence-corrected chi connectivity index (χ1v) is 10.5. The van der Waals surface area contributed by atoms with E-state index in [1.54, 1.807) is 19.2 Å². The minimum absolute atomic E-state index is 0.112. The highest BCUT2D eigenvalue weighted by Gasteiger charge is 2.22. The summed E-state index contributed by atoms with van der Waals surface area (Å²) in [4.78, 5) is 29.5. The SMILES string of the molecule is COCCOc1ccc(NC(=O)[C@H](Cc2ccccc2)NC(=O)OCc2ccccc2)cn1. The van der Waals surface area contributed by atoms with Gasteiger partial charge in [0.15, 0.2) is 0 Å². The van der Waals surface area contributed by atoms with Crippen LogP contribution in [0, 0.1) is 0 Å². The van der Waals surface area contributed by atoms with Crippen molar-refractivity contribution in [3.8, 4) is 5.88 Å². The number of amides is 2. The number of rotatable bonds is 11. The van der Waals surface area contributed by atoms with Crippen molar-refractivity contribution in [1.29, 1.82) is 0 Å². The highest BCUT2D eigenvalue weighted by molar-refractivity contribution is 5.96. The van der Waals surface area contributed by atoms with E-state index in [4.69, 9.17) is 14.2 Å². The van der Waals surface area contributed by atoms with E-state index in [1.807, 2.05) is 60.7 Å². The molecular formula is C25H27N3O5. The molecular weight excluding hydrogens is 422 g/mol. The summed E-state index contributed by atoms with van der Waals surface area (Å²) in [5, 5.41) is 5.45. The zero-order valence-electron chi connectivity index (χ0n) is 18.4. The minimum atomic E-state index is -0.840. The summed E-state index contributed by atoms with van der Waals surface area (Å²) < 4.78 is 15.7. The normalized spacial score (nSPS) is 11.3. The van der Waals surface area contributed by atoms with E-state index in [-0.39, 0.29) is 12.5 Å². The molecule has 0 aliphatic heterocycles. The Morgan fingerprint density at radius 2 is 1.61 bits per heavy atom. The Balaban J connectivity index is 1.61. The quantitative estimate of drug-likeness (QED) is 0.434. The number of benzene rings is 2. The predicted molar refractivity (Wildman–Crippen MR) is 124 cm³/mol. The topological polar surface area (TPSA) is 98.8 Å². The van der Waals surface area contributed by atoms with Gasteiger partial charge in [0.2, 0.25) is 11.8 Å². The standard InChI is InChI=1S/C25H27N3O5/c1-31-14-15-32-23-13-12-21(17-26-23)27-24(29)22(16-19-8-4-2-5-9-19)28-25(30)33-18-20-10-6-3-7-11-20/h2-13,17,22H,14-16,18H2,1H3,(H,27,29)(H,28,30)/t22-/m0/s1. The zero-order valence-corrected chi connectivity index (χ0v) is 18.4. The maximum Gasteiger partial charge on any atom is 0.408 e. The first-order chi connectivity index (χ1) is 16.1. The van der Waals surface area contributed by atoms with Crippen LogP contribution in [-0.4, -0.2) is 43.3 Å². The summed E-state index contributed by atoms with van der Waals surface area (Å²) in [5.41, 5.74) is 2.24. The highest BCUT2D eigenvalue weighted by Crippen LogP contribution is 2.13. The molecule has 0 fully saturated rings. The molecule has 2 amide bonds. The smallest absolute Gasteiger partial charge is 0.408 e. The van der Waals surface area contributed by atoms with Crippen molar-refractivity contribution in [3.63, 3.8) is 0 Å². The number of nitrogens with one attached hydrogen (secondary N) is 2. The highest BCUT2D eigenvalue weighted by atomic mass is 16.5. The van der Waals surface area contributed by atoms with Crippen LogP contribution in [0.5, 0.6) is 5.88 Å². The van der Waals surface area contributed by atoms with Crippen molar-refractivity contribution in [1.82, 2.24) is 10.3 Å². The second-order valence-electron chi connectivity index (χ2n) is 7.16. The maximum atomic E-state index is 13.0. The molecule has 1 aromatic heterocycles. The molecule has 3 rings (SSSR count). The molecule has 1 atom stereocenters. The first kappa shape index (κ1) is 23.7. The van der Waals surface area contributed by atoms with Gasteiger partial charge in [0.1, 0.15) is 19.3 Å². The van der Waals surface area contributed by atoms with E-state index < -0.39 is 12.1 Å². The lowest BCUT2D eigenvalue weighted by atomic mass is 10.1. The Morgan fingerprint density at radius 3 is 2.24 bits per heavy atom. The third kappa shape index (κ3) is 8.27. The van der Waals surface area contributed by atoms with Crippen molar-refractivity contribution >= 4 is 17.7 Å².